The molecule has 21 heavy (non-hydrogen) atoms. The van der Waals surface area contributed by atoms with E-state index in [4.69, 9.17) is 4.74 Å². The maximum Gasteiger partial charge on any atom is 0.185 e. The SMILES string of the molecule is COc1ccc2nc(N[C@H](C#N)c3ccccc3)sc2c1. The monoisotopic (exact) mass is 295 g/mol. The van der Waals surface area contributed by atoms with Gasteiger partial charge in [-0.2, -0.15) is 5.26 Å². The zero-order chi connectivity index (χ0) is 14.7. The van der Waals surface area contributed by atoms with Crippen LogP contribution in [0.2, 0.25) is 0 Å². The summed E-state index contributed by atoms with van der Waals surface area (Å²) in [6.07, 6.45) is 0. The summed E-state index contributed by atoms with van der Waals surface area (Å²) in [7, 11) is 1.64. The minimum absolute atomic E-state index is 0.409. The molecule has 4 nitrogen and oxygen atoms in total. The minimum Gasteiger partial charge on any atom is -0.497 e. The topological polar surface area (TPSA) is 57.9 Å². The van der Waals surface area contributed by atoms with E-state index < -0.39 is 6.04 Å². The van der Waals surface area contributed by atoms with Crippen LogP contribution >= 0.6 is 11.3 Å². The van der Waals surface area contributed by atoms with Crippen LogP contribution in [0.25, 0.3) is 10.2 Å². The van der Waals surface area contributed by atoms with E-state index in [1.807, 2.05) is 48.5 Å². The molecule has 2 aromatic carbocycles. The molecular formula is C16H13N3OS. The lowest BCUT2D eigenvalue weighted by Crippen LogP contribution is -2.07. The van der Waals surface area contributed by atoms with Gasteiger partial charge in [0, 0.05) is 0 Å². The van der Waals surface area contributed by atoms with Crippen molar-refractivity contribution in [2.45, 2.75) is 6.04 Å². The molecule has 0 aliphatic rings. The first kappa shape index (κ1) is 13.4. The molecule has 0 radical (unpaired) electrons. The molecule has 0 aliphatic carbocycles. The Kier molecular flexibility index (Phi) is 3.71. The van der Waals surface area contributed by atoms with Gasteiger partial charge in [0.1, 0.15) is 11.8 Å². The summed E-state index contributed by atoms with van der Waals surface area (Å²) < 4.78 is 6.24. The fourth-order valence-electron chi connectivity index (χ4n) is 2.05. The second kappa shape index (κ2) is 5.81. The fourth-order valence-corrected chi connectivity index (χ4v) is 2.98. The van der Waals surface area contributed by atoms with Gasteiger partial charge in [-0.15, -0.1) is 0 Å². The highest BCUT2D eigenvalue weighted by atomic mass is 32.1. The van der Waals surface area contributed by atoms with Gasteiger partial charge in [0.15, 0.2) is 5.13 Å². The van der Waals surface area contributed by atoms with Crippen LogP contribution in [0, 0.1) is 11.3 Å². The van der Waals surface area contributed by atoms with Gasteiger partial charge in [0.2, 0.25) is 0 Å². The standard InChI is InChI=1S/C16H13N3OS/c1-20-12-7-8-13-15(9-12)21-16(18-13)19-14(10-17)11-5-3-2-4-6-11/h2-9,14H,1H3,(H,18,19)/t14-/m1/s1. The molecular weight excluding hydrogens is 282 g/mol. The number of fused-ring (bicyclic) bond motifs is 1. The average molecular weight is 295 g/mol. The van der Waals surface area contributed by atoms with Crippen molar-refractivity contribution in [3.63, 3.8) is 0 Å². The number of anilines is 1. The number of benzene rings is 2. The number of methoxy groups -OCH3 is 1. The van der Waals surface area contributed by atoms with E-state index in [0.29, 0.717) is 0 Å². The molecule has 3 rings (SSSR count). The van der Waals surface area contributed by atoms with Crippen molar-refractivity contribution in [2.75, 3.05) is 12.4 Å². The minimum atomic E-state index is -0.409. The van der Waals surface area contributed by atoms with Gasteiger partial charge in [-0.25, -0.2) is 4.98 Å². The lowest BCUT2D eigenvalue weighted by atomic mass is 10.1. The molecule has 0 spiro atoms. The summed E-state index contributed by atoms with van der Waals surface area (Å²) in [6.45, 7) is 0. The molecule has 1 N–H and O–H groups in total. The smallest absolute Gasteiger partial charge is 0.185 e. The second-order valence-corrected chi connectivity index (χ2v) is 5.50. The third kappa shape index (κ3) is 2.81. The van der Waals surface area contributed by atoms with Crippen molar-refractivity contribution in [3.05, 3.63) is 54.1 Å². The van der Waals surface area contributed by atoms with E-state index >= 15 is 0 Å². The van der Waals surface area contributed by atoms with E-state index in [-0.39, 0.29) is 0 Å². The molecule has 0 bridgehead atoms. The summed E-state index contributed by atoms with van der Waals surface area (Å²) in [5.74, 6) is 0.803. The summed E-state index contributed by atoms with van der Waals surface area (Å²) in [6, 6.07) is 17.2. The molecule has 0 saturated carbocycles. The zero-order valence-electron chi connectivity index (χ0n) is 11.4. The summed E-state index contributed by atoms with van der Waals surface area (Å²) in [5.41, 5.74) is 1.82. The van der Waals surface area contributed by atoms with E-state index in [2.05, 4.69) is 16.4 Å². The molecule has 0 amide bonds. The lowest BCUT2D eigenvalue weighted by Gasteiger charge is -2.09. The highest BCUT2D eigenvalue weighted by molar-refractivity contribution is 7.22. The maximum atomic E-state index is 9.34. The largest absolute Gasteiger partial charge is 0.497 e. The van der Waals surface area contributed by atoms with Crippen molar-refractivity contribution in [1.29, 1.82) is 5.26 Å². The van der Waals surface area contributed by atoms with Gasteiger partial charge < -0.3 is 10.1 Å². The van der Waals surface area contributed by atoms with Gasteiger partial charge >= 0.3 is 0 Å². The lowest BCUT2D eigenvalue weighted by molar-refractivity contribution is 0.415. The number of thiazole rings is 1. The number of rotatable bonds is 4. The van der Waals surface area contributed by atoms with Crippen LogP contribution in [-0.4, -0.2) is 12.1 Å². The first-order chi connectivity index (χ1) is 10.3. The first-order valence-electron chi connectivity index (χ1n) is 6.46. The number of ether oxygens (including phenoxy) is 1. The third-order valence-electron chi connectivity index (χ3n) is 3.13. The predicted molar refractivity (Wildman–Crippen MR) is 84.6 cm³/mol. The number of hydrogen-bond acceptors (Lipinski definition) is 5. The summed E-state index contributed by atoms with van der Waals surface area (Å²) in [4.78, 5) is 4.50. The Labute approximate surface area is 126 Å². The molecule has 0 aliphatic heterocycles. The van der Waals surface area contributed by atoms with Crippen molar-refractivity contribution < 1.29 is 4.74 Å². The van der Waals surface area contributed by atoms with Crippen molar-refractivity contribution >= 4 is 26.7 Å². The van der Waals surface area contributed by atoms with Crippen molar-refractivity contribution in [2.24, 2.45) is 0 Å². The van der Waals surface area contributed by atoms with Crippen molar-refractivity contribution in [1.82, 2.24) is 4.98 Å². The first-order valence-corrected chi connectivity index (χ1v) is 7.27. The molecule has 0 unspecified atom stereocenters. The van der Waals surface area contributed by atoms with Gasteiger partial charge in [-0.05, 0) is 23.8 Å². The molecule has 1 heterocycles. The van der Waals surface area contributed by atoms with Crippen LogP contribution in [0.15, 0.2) is 48.5 Å². The van der Waals surface area contributed by atoms with Gasteiger partial charge in [0.25, 0.3) is 0 Å². The van der Waals surface area contributed by atoms with Crippen molar-refractivity contribution in [3.8, 4) is 11.8 Å². The van der Waals surface area contributed by atoms with Crippen LogP contribution < -0.4 is 10.1 Å². The van der Waals surface area contributed by atoms with Gasteiger partial charge in [0.05, 0.1) is 23.4 Å². The Morgan fingerprint density at radius 1 is 1.24 bits per heavy atom. The number of aromatic nitrogens is 1. The summed E-state index contributed by atoms with van der Waals surface area (Å²) >= 11 is 1.51. The van der Waals surface area contributed by atoms with Crippen LogP contribution in [0.5, 0.6) is 5.75 Å². The normalized spacial score (nSPS) is 11.8. The zero-order valence-corrected chi connectivity index (χ0v) is 12.2. The fraction of sp³-hybridized carbons (Fsp3) is 0.125. The van der Waals surface area contributed by atoms with Crippen LogP contribution in [0.3, 0.4) is 0 Å². The second-order valence-electron chi connectivity index (χ2n) is 4.47. The van der Waals surface area contributed by atoms with Crippen LogP contribution in [0.4, 0.5) is 5.13 Å². The quantitative estimate of drug-likeness (QED) is 0.791. The number of nitrogens with zero attached hydrogens (tertiary/aromatic N) is 2. The van der Waals surface area contributed by atoms with E-state index in [9.17, 15) is 5.26 Å². The Morgan fingerprint density at radius 3 is 2.76 bits per heavy atom. The Morgan fingerprint density at radius 2 is 2.05 bits per heavy atom. The van der Waals surface area contributed by atoms with E-state index in [1.54, 1.807) is 7.11 Å². The third-order valence-corrected chi connectivity index (χ3v) is 4.07. The molecule has 104 valence electrons. The number of nitriles is 1. The van der Waals surface area contributed by atoms with Crippen LogP contribution in [0.1, 0.15) is 11.6 Å². The predicted octanol–water partition coefficient (Wildman–Crippen LogP) is 3.98. The molecule has 0 fully saturated rings. The highest BCUT2D eigenvalue weighted by Crippen LogP contribution is 2.31. The Hall–Kier alpha value is -2.58. The highest BCUT2D eigenvalue weighted by Gasteiger charge is 2.12. The van der Waals surface area contributed by atoms with E-state index in [1.165, 1.54) is 11.3 Å². The van der Waals surface area contributed by atoms with E-state index in [0.717, 1.165) is 26.7 Å². The summed E-state index contributed by atoms with van der Waals surface area (Å²) in [5, 5.41) is 13.2. The number of hydrogen-bond donors (Lipinski definition) is 1. The molecule has 1 aromatic heterocycles. The molecule has 3 aromatic rings. The average Bonchev–Trinajstić information content (AvgIpc) is 2.94. The molecule has 5 heteroatoms. The van der Waals surface area contributed by atoms with Gasteiger partial charge in [-0.3, -0.25) is 0 Å². The maximum absolute atomic E-state index is 9.34. The molecule has 0 saturated heterocycles. The Bertz CT molecular complexity index is 792. The van der Waals surface area contributed by atoms with Gasteiger partial charge in [-0.1, -0.05) is 41.7 Å². The Balaban J connectivity index is 1.89. The van der Waals surface area contributed by atoms with Crippen LogP contribution in [-0.2, 0) is 0 Å². The number of nitrogens with one attached hydrogen (secondary N) is 1. The molecule has 1 atom stereocenters.